The smallest absolute Gasteiger partial charge is 0.388 e. The van der Waals surface area contributed by atoms with Crippen LogP contribution >= 0.6 is 11.3 Å². The number of aromatic nitrogens is 4. The zero-order chi connectivity index (χ0) is 23.1. The minimum Gasteiger partial charge on any atom is -0.388 e. The molecule has 0 saturated carbocycles. The van der Waals surface area contributed by atoms with Gasteiger partial charge in [0.05, 0.1) is 16.2 Å². The number of rotatable bonds is 6. The number of nitrogens with zero attached hydrogens (tertiary/aromatic N) is 5. The summed E-state index contributed by atoms with van der Waals surface area (Å²) in [6.07, 6.45) is -4.40. The van der Waals surface area contributed by atoms with Crippen molar-refractivity contribution in [3.8, 4) is 10.6 Å². The summed E-state index contributed by atoms with van der Waals surface area (Å²) in [5, 5.41) is 10.1. The Morgan fingerprint density at radius 2 is 1.84 bits per heavy atom. The topological polar surface area (TPSA) is 90.2 Å². The molecule has 0 bridgehead atoms. The number of hydrogen-bond acceptors (Lipinski definition) is 7. The van der Waals surface area contributed by atoms with Gasteiger partial charge in [0.2, 0.25) is 10.0 Å². The van der Waals surface area contributed by atoms with Gasteiger partial charge < -0.3 is 4.84 Å². The number of alkyl halides is 3. The molecule has 0 spiro atoms. The molecule has 2 aromatic heterocycles. The highest BCUT2D eigenvalue weighted by Crippen LogP contribution is 2.31. The highest BCUT2D eigenvalue weighted by molar-refractivity contribution is 7.89. The predicted molar refractivity (Wildman–Crippen MR) is 111 cm³/mol. The lowest BCUT2D eigenvalue weighted by Crippen LogP contribution is -2.22. The molecule has 0 N–H and O–H groups in total. The standard InChI is InChI=1S/C19H16F3N5O3S2/c1-26(2)32(28,29)15-7-8-16-17(9-15)27(25-24-16)30-10-14-11-31-18(23-14)12-3-5-13(6-4-12)19(20,21)22/h3-9,11H,10H2,1-2H3. The highest BCUT2D eigenvalue weighted by Gasteiger charge is 2.30. The molecule has 0 aliphatic heterocycles. The first-order valence-corrected chi connectivity index (χ1v) is 11.4. The first-order valence-electron chi connectivity index (χ1n) is 9.09. The van der Waals surface area contributed by atoms with E-state index in [2.05, 4.69) is 15.3 Å². The van der Waals surface area contributed by atoms with Crippen LogP contribution in [0.25, 0.3) is 21.6 Å². The summed E-state index contributed by atoms with van der Waals surface area (Å²) in [6.45, 7) is 0.000251. The molecule has 8 nitrogen and oxygen atoms in total. The third-order valence-corrected chi connectivity index (χ3v) is 7.26. The quantitative estimate of drug-likeness (QED) is 0.417. The van der Waals surface area contributed by atoms with Crippen LogP contribution in [0, 0.1) is 0 Å². The van der Waals surface area contributed by atoms with E-state index in [0.29, 0.717) is 27.3 Å². The van der Waals surface area contributed by atoms with Crippen molar-refractivity contribution in [2.75, 3.05) is 14.1 Å². The van der Waals surface area contributed by atoms with Gasteiger partial charge in [-0.2, -0.15) is 13.2 Å². The van der Waals surface area contributed by atoms with Crippen molar-refractivity contribution in [3.63, 3.8) is 0 Å². The molecule has 32 heavy (non-hydrogen) atoms. The van der Waals surface area contributed by atoms with Crippen LogP contribution in [-0.2, 0) is 22.8 Å². The van der Waals surface area contributed by atoms with E-state index < -0.39 is 21.8 Å². The van der Waals surface area contributed by atoms with Crippen molar-refractivity contribution in [1.82, 2.24) is 24.4 Å². The monoisotopic (exact) mass is 483 g/mol. The van der Waals surface area contributed by atoms with E-state index in [1.807, 2.05) is 0 Å². The number of halogens is 3. The van der Waals surface area contributed by atoms with Gasteiger partial charge in [0.15, 0.2) is 6.61 Å². The summed E-state index contributed by atoms with van der Waals surface area (Å²) >= 11 is 1.26. The maximum atomic E-state index is 12.7. The highest BCUT2D eigenvalue weighted by atomic mass is 32.2. The summed E-state index contributed by atoms with van der Waals surface area (Å²) < 4.78 is 64.0. The fourth-order valence-corrected chi connectivity index (χ4v) is 4.51. The van der Waals surface area contributed by atoms with Crippen molar-refractivity contribution < 1.29 is 26.4 Å². The zero-order valence-corrected chi connectivity index (χ0v) is 18.4. The van der Waals surface area contributed by atoms with Crippen LogP contribution in [-0.4, -0.2) is 47.0 Å². The van der Waals surface area contributed by atoms with Crippen molar-refractivity contribution in [1.29, 1.82) is 0 Å². The molecule has 0 fully saturated rings. The summed E-state index contributed by atoms with van der Waals surface area (Å²) in [5.74, 6) is 0. The van der Waals surface area contributed by atoms with E-state index in [1.54, 1.807) is 5.38 Å². The molecule has 0 radical (unpaired) electrons. The molecular weight excluding hydrogens is 467 g/mol. The summed E-state index contributed by atoms with van der Waals surface area (Å²) in [6, 6.07) is 9.13. The number of fused-ring (bicyclic) bond motifs is 1. The summed E-state index contributed by atoms with van der Waals surface area (Å²) in [7, 11) is -0.777. The van der Waals surface area contributed by atoms with E-state index >= 15 is 0 Å². The van der Waals surface area contributed by atoms with Crippen molar-refractivity contribution in [2.45, 2.75) is 17.7 Å². The van der Waals surface area contributed by atoms with Gasteiger partial charge in [-0.3, -0.25) is 0 Å². The maximum Gasteiger partial charge on any atom is 0.416 e. The van der Waals surface area contributed by atoms with Crippen LogP contribution in [0.3, 0.4) is 0 Å². The Morgan fingerprint density at radius 3 is 2.50 bits per heavy atom. The Hall–Kier alpha value is -3.03. The van der Waals surface area contributed by atoms with E-state index in [0.717, 1.165) is 21.3 Å². The molecule has 0 aliphatic rings. The fraction of sp³-hybridized carbons (Fsp3) is 0.211. The lowest BCUT2D eigenvalue weighted by atomic mass is 10.1. The second-order valence-electron chi connectivity index (χ2n) is 6.89. The Balaban J connectivity index is 1.52. The molecule has 0 atom stereocenters. The molecule has 0 unspecified atom stereocenters. The average Bonchev–Trinajstić information content (AvgIpc) is 3.38. The Labute approximate surface area is 184 Å². The van der Waals surface area contributed by atoms with Crippen molar-refractivity contribution in [3.05, 3.63) is 59.1 Å². The molecule has 0 amide bonds. The molecule has 168 valence electrons. The van der Waals surface area contributed by atoms with Crippen LogP contribution in [0.2, 0.25) is 0 Å². The molecule has 2 heterocycles. The predicted octanol–water partition coefficient (Wildman–Crippen LogP) is 3.45. The van der Waals surface area contributed by atoms with E-state index in [-0.39, 0.29) is 11.5 Å². The molecule has 13 heteroatoms. The van der Waals surface area contributed by atoms with Gasteiger partial charge in [-0.15, -0.1) is 16.4 Å². The largest absolute Gasteiger partial charge is 0.416 e. The third kappa shape index (κ3) is 4.31. The van der Waals surface area contributed by atoms with Gasteiger partial charge in [-0.1, -0.05) is 17.0 Å². The Morgan fingerprint density at radius 1 is 1.12 bits per heavy atom. The van der Waals surface area contributed by atoms with Gasteiger partial charge in [0.25, 0.3) is 0 Å². The van der Waals surface area contributed by atoms with Gasteiger partial charge in [-0.25, -0.2) is 17.7 Å². The average molecular weight is 483 g/mol. The minimum absolute atomic E-state index is 0.000251. The van der Waals surface area contributed by atoms with E-state index in [4.69, 9.17) is 4.84 Å². The van der Waals surface area contributed by atoms with Crippen molar-refractivity contribution in [2.24, 2.45) is 0 Å². The number of hydrogen-bond donors (Lipinski definition) is 0. The van der Waals surface area contributed by atoms with Crippen LogP contribution < -0.4 is 4.84 Å². The normalized spacial score (nSPS) is 12.6. The number of thiazole rings is 1. The SMILES string of the molecule is CN(C)S(=O)(=O)c1ccc2nnn(OCc3csc(-c4ccc(C(F)(F)F)cc4)n3)c2c1. The second kappa shape index (κ2) is 8.15. The third-order valence-electron chi connectivity index (χ3n) is 4.51. The van der Waals surface area contributed by atoms with Crippen LogP contribution in [0.5, 0.6) is 0 Å². The molecule has 0 aliphatic carbocycles. The molecule has 4 rings (SSSR count). The van der Waals surface area contributed by atoms with Gasteiger partial charge in [-0.05, 0) is 35.5 Å². The van der Waals surface area contributed by atoms with Gasteiger partial charge in [0, 0.05) is 25.0 Å². The number of benzene rings is 2. The summed E-state index contributed by atoms with van der Waals surface area (Å²) in [4.78, 5) is 11.2. The van der Waals surface area contributed by atoms with Gasteiger partial charge in [0.1, 0.15) is 16.0 Å². The Kier molecular flexibility index (Phi) is 5.65. The minimum atomic E-state index is -4.40. The van der Waals surface area contributed by atoms with E-state index in [9.17, 15) is 21.6 Å². The molecular formula is C19H16F3N5O3S2. The fourth-order valence-electron chi connectivity index (χ4n) is 2.78. The number of sulfonamides is 1. The second-order valence-corrected chi connectivity index (χ2v) is 9.90. The first-order chi connectivity index (χ1) is 15.1. The molecule has 0 saturated heterocycles. The van der Waals surface area contributed by atoms with Crippen LogP contribution in [0.15, 0.2) is 52.7 Å². The van der Waals surface area contributed by atoms with Crippen LogP contribution in [0.1, 0.15) is 11.3 Å². The first kappa shape index (κ1) is 22.2. The van der Waals surface area contributed by atoms with Crippen LogP contribution in [0.4, 0.5) is 13.2 Å². The zero-order valence-electron chi connectivity index (χ0n) is 16.7. The molecule has 2 aromatic carbocycles. The van der Waals surface area contributed by atoms with Crippen molar-refractivity contribution >= 4 is 32.4 Å². The Bertz CT molecular complexity index is 1360. The van der Waals surface area contributed by atoms with Gasteiger partial charge >= 0.3 is 6.18 Å². The lowest BCUT2D eigenvalue weighted by Gasteiger charge is -2.11. The molecule has 4 aromatic rings. The lowest BCUT2D eigenvalue weighted by molar-refractivity contribution is -0.137. The maximum absolute atomic E-state index is 12.7. The van der Waals surface area contributed by atoms with E-state index in [1.165, 1.54) is 55.8 Å². The summed E-state index contributed by atoms with van der Waals surface area (Å²) in [5.41, 5.74) is 1.18.